The van der Waals surface area contributed by atoms with Crippen LogP contribution in [0.5, 0.6) is 0 Å². The summed E-state index contributed by atoms with van der Waals surface area (Å²) in [4.78, 5) is 12.1. The lowest BCUT2D eigenvalue weighted by molar-refractivity contribution is -0.122. The van der Waals surface area contributed by atoms with Gasteiger partial charge in [0.15, 0.2) is 0 Å². The van der Waals surface area contributed by atoms with Crippen LogP contribution >= 0.6 is 0 Å². The number of carbonyl (C=O) groups excluding carboxylic acids is 1. The Bertz CT molecular complexity index is 307. The van der Waals surface area contributed by atoms with E-state index in [9.17, 15) is 4.79 Å². The Kier molecular flexibility index (Phi) is 18.8. The molecule has 0 aromatic rings. The maximum atomic E-state index is 12.1. The maximum absolute atomic E-state index is 12.1. The van der Waals surface area contributed by atoms with Gasteiger partial charge in [0.1, 0.15) is 0 Å². The highest BCUT2D eigenvalue weighted by atomic mass is 16.1. The van der Waals surface area contributed by atoms with Gasteiger partial charge in [0.05, 0.1) is 0 Å². The average molecular weight is 369 g/mol. The van der Waals surface area contributed by atoms with E-state index in [0.717, 1.165) is 25.7 Å². The minimum absolute atomic E-state index is 0.0978. The molecule has 2 unspecified atom stereocenters. The summed E-state index contributed by atoms with van der Waals surface area (Å²) in [5.74, 6) is 0.187. The molecule has 0 heterocycles. The number of hydrogen-bond acceptors (Lipinski definition) is 2. The Morgan fingerprint density at radius 3 is 1.62 bits per heavy atom. The zero-order valence-corrected chi connectivity index (χ0v) is 18.2. The Morgan fingerprint density at radius 2 is 1.19 bits per heavy atom. The molecule has 0 fully saturated rings. The van der Waals surface area contributed by atoms with E-state index in [1.807, 2.05) is 0 Å². The summed E-state index contributed by atoms with van der Waals surface area (Å²) in [6.07, 6.45) is 21.1. The number of nitrogens with two attached hydrogens (primary N) is 1. The molecule has 0 aliphatic carbocycles. The number of unbranched alkanes of at least 4 members (excludes halogenated alkanes) is 12. The molecule has 156 valence electrons. The Labute approximate surface area is 164 Å². The SMILES string of the molecule is CCCCCCCCCCCCCCCC(=O)NC(CC)C(N)CCC. The van der Waals surface area contributed by atoms with Gasteiger partial charge < -0.3 is 11.1 Å². The lowest BCUT2D eigenvalue weighted by atomic mass is 10.0. The lowest BCUT2D eigenvalue weighted by Crippen LogP contribution is -2.47. The Balaban J connectivity index is 3.42. The zero-order chi connectivity index (χ0) is 19.5. The number of nitrogens with one attached hydrogen (secondary N) is 1. The minimum Gasteiger partial charge on any atom is -0.352 e. The van der Waals surface area contributed by atoms with Crippen molar-refractivity contribution in [3.8, 4) is 0 Å². The summed E-state index contributed by atoms with van der Waals surface area (Å²) >= 11 is 0. The van der Waals surface area contributed by atoms with Gasteiger partial charge in [0, 0.05) is 18.5 Å². The van der Waals surface area contributed by atoms with Gasteiger partial charge in [-0.1, -0.05) is 104 Å². The smallest absolute Gasteiger partial charge is 0.220 e. The summed E-state index contributed by atoms with van der Waals surface area (Å²) in [5, 5.41) is 3.13. The first-order valence-corrected chi connectivity index (χ1v) is 11.7. The number of hydrogen-bond donors (Lipinski definition) is 2. The van der Waals surface area contributed by atoms with Crippen molar-refractivity contribution >= 4 is 5.91 Å². The summed E-state index contributed by atoms with van der Waals surface area (Å²) in [6.45, 7) is 6.52. The van der Waals surface area contributed by atoms with Crippen molar-refractivity contribution in [1.29, 1.82) is 0 Å². The summed E-state index contributed by atoms with van der Waals surface area (Å²) in [7, 11) is 0. The summed E-state index contributed by atoms with van der Waals surface area (Å²) in [5.41, 5.74) is 6.15. The van der Waals surface area contributed by atoms with Crippen molar-refractivity contribution < 1.29 is 4.79 Å². The monoisotopic (exact) mass is 368 g/mol. The summed E-state index contributed by atoms with van der Waals surface area (Å²) < 4.78 is 0. The van der Waals surface area contributed by atoms with Crippen molar-refractivity contribution in [1.82, 2.24) is 5.32 Å². The van der Waals surface area contributed by atoms with Crippen LogP contribution in [0.1, 0.15) is 130 Å². The van der Waals surface area contributed by atoms with E-state index >= 15 is 0 Å². The quantitative estimate of drug-likeness (QED) is 0.256. The van der Waals surface area contributed by atoms with Crippen molar-refractivity contribution in [3.63, 3.8) is 0 Å². The number of amides is 1. The first-order chi connectivity index (χ1) is 12.7. The predicted octanol–water partition coefficient (Wildman–Crippen LogP) is 6.49. The van der Waals surface area contributed by atoms with Crippen molar-refractivity contribution in [3.05, 3.63) is 0 Å². The van der Waals surface area contributed by atoms with Gasteiger partial charge in [0.2, 0.25) is 5.91 Å². The maximum Gasteiger partial charge on any atom is 0.220 e. The molecule has 0 saturated heterocycles. The Hall–Kier alpha value is -0.570. The lowest BCUT2D eigenvalue weighted by Gasteiger charge is -2.23. The highest BCUT2D eigenvalue weighted by Crippen LogP contribution is 2.13. The van der Waals surface area contributed by atoms with E-state index < -0.39 is 0 Å². The molecule has 3 N–H and O–H groups in total. The van der Waals surface area contributed by atoms with Crippen LogP contribution in [-0.2, 0) is 4.79 Å². The van der Waals surface area contributed by atoms with E-state index in [1.54, 1.807) is 0 Å². The standard InChI is InChI=1S/C23H48N2O/c1-4-7-8-9-10-11-12-13-14-15-16-17-18-20-23(26)25-22(6-3)21(24)19-5-2/h21-22H,4-20,24H2,1-3H3,(H,25,26). The van der Waals surface area contributed by atoms with Gasteiger partial charge in [-0.25, -0.2) is 0 Å². The highest BCUT2D eigenvalue weighted by molar-refractivity contribution is 5.76. The second kappa shape index (κ2) is 19.2. The van der Waals surface area contributed by atoms with Crippen LogP contribution in [0.25, 0.3) is 0 Å². The van der Waals surface area contributed by atoms with Crippen LogP contribution in [0.2, 0.25) is 0 Å². The molecule has 3 nitrogen and oxygen atoms in total. The fourth-order valence-electron chi connectivity index (χ4n) is 3.63. The average Bonchev–Trinajstić information content (AvgIpc) is 2.63. The molecule has 0 aromatic heterocycles. The van der Waals surface area contributed by atoms with E-state index in [1.165, 1.54) is 77.0 Å². The van der Waals surface area contributed by atoms with Gasteiger partial charge >= 0.3 is 0 Å². The molecule has 2 atom stereocenters. The molecule has 0 rings (SSSR count). The highest BCUT2D eigenvalue weighted by Gasteiger charge is 2.16. The number of rotatable bonds is 19. The largest absolute Gasteiger partial charge is 0.352 e. The van der Waals surface area contributed by atoms with Crippen LogP contribution < -0.4 is 11.1 Å². The van der Waals surface area contributed by atoms with Gasteiger partial charge in [-0.2, -0.15) is 0 Å². The normalized spacial score (nSPS) is 13.5. The first kappa shape index (κ1) is 25.4. The predicted molar refractivity (Wildman–Crippen MR) is 115 cm³/mol. The second-order valence-corrected chi connectivity index (χ2v) is 8.03. The molecule has 26 heavy (non-hydrogen) atoms. The van der Waals surface area contributed by atoms with E-state index in [2.05, 4.69) is 26.1 Å². The molecule has 0 spiro atoms. The molecular weight excluding hydrogens is 320 g/mol. The van der Waals surface area contributed by atoms with Gasteiger partial charge in [0.25, 0.3) is 0 Å². The topological polar surface area (TPSA) is 55.1 Å². The van der Waals surface area contributed by atoms with Crippen LogP contribution in [0.4, 0.5) is 0 Å². The zero-order valence-electron chi connectivity index (χ0n) is 18.2. The fraction of sp³-hybridized carbons (Fsp3) is 0.957. The van der Waals surface area contributed by atoms with E-state index in [4.69, 9.17) is 5.73 Å². The molecule has 0 aromatic carbocycles. The summed E-state index contributed by atoms with van der Waals surface area (Å²) in [6, 6.07) is 0.241. The number of carbonyl (C=O) groups is 1. The first-order valence-electron chi connectivity index (χ1n) is 11.7. The molecular formula is C23H48N2O. The Morgan fingerprint density at radius 1 is 0.731 bits per heavy atom. The van der Waals surface area contributed by atoms with Crippen molar-refractivity contribution in [2.24, 2.45) is 5.73 Å². The van der Waals surface area contributed by atoms with Gasteiger partial charge in [-0.3, -0.25) is 4.79 Å². The van der Waals surface area contributed by atoms with Crippen molar-refractivity contribution in [2.75, 3.05) is 0 Å². The van der Waals surface area contributed by atoms with Gasteiger partial charge in [-0.15, -0.1) is 0 Å². The molecule has 0 aliphatic heterocycles. The molecule has 0 aliphatic rings. The fourth-order valence-corrected chi connectivity index (χ4v) is 3.63. The molecule has 3 heteroatoms. The van der Waals surface area contributed by atoms with E-state index in [0.29, 0.717) is 6.42 Å². The van der Waals surface area contributed by atoms with Crippen LogP contribution in [-0.4, -0.2) is 18.0 Å². The second-order valence-electron chi connectivity index (χ2n) is 8.03. The third-order valence-corrected chi connectivity index (χ3v) is 5.43. The van der Waals surface area contributed by atoms with Crippen LogP contribution in [0.15, 0.2) is 0 Å². The van der Waals surface area contributed by atoms with Crippen LogP contribution in [0.3, 0.4) is 0 Å². The molecule has 0 saturated carbocycles. The van der Waals surface area contributed by atoms with Crippen LogP contribution in [0, 0.1) is 0 Å². The molecule has 1 amide bonds. The van der Waals surface area contributed by atoms with Crippen molar-refractivity contribution in [2.45, 2.75) is 142 Å². The third-order valence-electron chi connectivity index (χ3n) is 5.43. The minimum atomic E-state index is 0.0978. The van der Waals surface area contributed by atoms with Gasteiger partial charge in [-0.05, 0) is 19.3 Å². The third kappa shape index (κ3) is 15.7. The van der Waals surface area contributed by atoms with E-state index in [-0.39, 0.29) is 18.0 Å². The molecule has 0 radical (unpaired) electrons. The molecule has 0 bridgehead atoms.